The third kappa shape index (κ3) is 3.84. The normalized spacial score (nSPS) is 24.9. The lowest BCUT2D eigenvalue weighted by atomic mass is 10.1. The predicted molar refractivity (Wildman–Crippen MR) is 81.8 cm³/mol. The summed E-state index contributed by atoms with van der Waals surface area (Å²) in [6.07, 6.45) is 2.06. The molecule has 1 aliphatic carbocycles. The average molecular weight is 326 g/mol. The molecule has 1 unspecified atom stereocenters. The van der Waals surface area contributed by atoms with Gasteiger partial charge in [-0.15, -0.1) is 0 Å². The van der Waals surface area contributed by atoms with Crippen LogP contribution in [0, 0.1) is 11.7 Å². The summed E-state index contributed by atoms with van der Waals surface area (Å²) in [6, 6.07) is 5.67. The summed E-state index contributed by atoms with van der Waals surface area (Å²) in [4.78, 5) is 14.1. The molecule has 3 rings (SSSR count). The molecule has 1 aromatic rings. The van der Waals surface area contributed by atoms with Crippen molar-refractivity contribution in [1.29, 1.82) is 0 Å². The minimum Gasteiger partial charge on any atom is -0.325 e. The molecule has 1 saturated carbocycles. The highest BCUT2D eigenvalue weighted by atomic mass is 32.2. The number of nitrogens with zero attached hydrogens (tertiary/aromatic N) is 1. The standard InChI is InChI=1S/C15H19FN2O3S/c16-12-2-1-3-13(8-12)17-15(19)9-18-6-7-22(20,21)10-14(18)11-4-5-11/h1-3,8,11,14H,4-7,9-10H2,(H,17,19). The fourth-order valence-electron chi connectivity index (χ4n) is 2.93. The maximum absolute atomic E-state index is 13.1. The van der Waals surface area contributed by atoms with E-state index in [4.69, 9.17) is 0 Å². The van der Waals surface area contributed by atoms with Crippen molar-refractivity contribution in [2.24, 2.45) is 5.92 Å². The first-order chi connectivity index (χ1) is 10.4. The zero-order valence-corrected chi connectivity index (χ0v) is 13.0. The van der Waals surface area contributed by atoms with Gasteiger partial charge in [0.15, 0.2) is 9.84 Å². The molecule has 22 heavy (non-hydrogen) atoms. The molecular formula is C15H19FN2O3S. The summed E-state index contributed by atoms with van der Waals surface area (Å²) in [5, 5.41) is 2.66. The van der Waals surface area contributed by atoms with Crippen LogP contribution in [0.15, 0.2) is 24.3 Å². The number of carbonyl (C=O) groups is 1. The van der Waals surface area contributed by atoms with E-state index in [1.165, 1.54) is 18.2 Å². The molecule has 2 fully saturated rings. The van der Waals surface area contributed by atoms with Crippen LogP contribution in [-0.2, 0) is 14.6 Å². The maximum atomic E-state index is 13.1. The number of carbonyl (C=O) groups excluding carboxylic acids is 1. The van der Waals surface area contributed by atoms with Crippen LogP contribution < -0.4 is 5.32 Å². The molecule has 0 aromatic heterocycles. The van der Waals surface area contributed by atoms with Crippen LogP contribution in [0.5, 0.6) is 0 Å². The van der Waals surface area contributed by atoms with Gasteiger partial charge >= 0.3 is 0 Å². The topological polar surface area (TPSA) is 66.5 Å². The Hall–Kier alpha value is -1.47. The lowest BCUT2D eigenvalue weighted by molar-refractivity contribution is -0.117. The van der Waals surface area contributed by atoms with Crippen LogP contribution >= 0.6 is 0 Å². The Labute approximate surface area is 129 Å². The Morgan fingerprint density at radius 1 is 1.36 bits per heavy atom. The Balaban J connectivity index is 1.62. The van der Waals surface area contributed by atoms with Crippen molar-refractivity contribution in [1.82, 2.24) is 4.90 Å². The van der Waals surface area contributed by atoms with Crippen molar-refractivity contribution in [2.45, 2.75) is 18.9 Å². The van der Waals surface area contributed by atoms with E-state index in [2.05, 4.69) is 5.32 Å². The van der Waals surface area contributed by atoms with Gasteiger partial charge in [-0.2, -0.15) is 0 Å². The molecule has 0 spiro atoms. The van der Waals surface area contributed by atoms with Gasteiger partial charge in [0.1, 0.15) is 5.82 Å². The quantitative estimate of drug-likeness (QED) is 0.905. The summed E-state index contributed by atoms with van der Waals surface area (Å²) in [6.45, 7) is 0.535. The summed E-state index contributed by atoms with van der Waals surface area (Å²) >= 11 is 0. The fraction of sp³-hybridized carbons (Fsp3) is 0.533. The van der Waals surface area contributed by atoms with Crippen LogP contribution in [0.3, 0.4) is 0 Å². The fourth-order valence-corrected chi connectivity index (χ4v) is 4.62. The molecule has 1 amide bonds. The van der Waals surface area contributed by atoms with Crippen molar-refractivity contribution in [3.05, 3.63) is 30.1 Å². The molecule has 2 aliphatic rings. The molecule has 1 aliphatic heterocycles. The molecular weight excluding hydrogens is 307 g/mol. The van der Waals surface area contributed by atoms with Crippen LogP contribution in [0.1, 0.15) is 12.8 Å². The summed E-state index contributed by atoms with van der Waals surface area (Å²) in [7, 11) is -2.99. The van der Waals surface area contributed by atoms with Crippen molar-refractivity contribution in [2.75, 3.05) is 29.9 Å². The molecule has 5 nitrogen and oxygen atoms in total. The third-order valence-electron chi connectivity index (χ3n) is 4.20. The second-order valence-electron chi connectivity index (χ2n) is 6.05. The van der Waals surface area contributed by atoms with Crippen LogP contribution in [0.25, 0.3) is 0 Å². The minimum atomic E-state index is -2.99. The number of rotatable bonds is 4. The number of sulfone groups is 1. The van der Waals surface area contributed by atoms with Crippen molar-refractivity contribution >= 4 is 21.4 Å². The molecule has 0 radical (unpaired) electrons. The number of benzene rings is 1. The first-order valence-corrected chi connectivity index (χ1v) is 9.25. The lowest BCUT2D eigenvalue weighted by Crippen LogP contribution is -2.52. The van der Waals surface area contributed by atoms with Gasteiger partial charge in [-0.3, -0.25) is 9.69 Å². The van der Waals surface area contributed by atoms with Gasteiger partial charge < -0.3 is 5.32 Å². The first kappa shape index (κ1) is 15.4. The number of anilines is 1. The highest BCUT2D eigenvalue weighted by Gasteiger charge is 2.41. The molecule has 120 valence electrons. The van der Waals surface area contributed by atoms with Crippen molar-refractivity contribution < 1.29 is 17.6 Å². The number of hydrogen-bond acceptors (Lipinski definition) is 4. The van der Waals surface area contributed by atoms with E-state index >= 15 is 0 Å². The number of halogens is 1. The van der Waals surface area contributed by atoms with E-state index < -0.39 is 15.7 Å². The van der Waals surface area contributed by atoms with E-state index in [1.807, 2.05) is 4.90 Å². The molecule has 1 aromatic carbocycles. The Morgan fingerprint density at radius 2 is 2.14 bits per heavy atom. The van der Waals surface area contributed by atoms with Gasteiger partial charge in [0.05, 0.1) is 18.1 Å². The first-order valence-electron chi connectivity index (χ1n) is 7.43. The van der Waals surface area contributed by atoms with Crippen molar-refractivity contribution in [3.8, 4) is 0 Å². The van der Waals surface area contributed by atoms with E-state index in [0.29, 0.717) is 18.2 Å². The van der Waals surface area contributed by atoms with Gasteiger partial charge in [-0.25, -0.2) is 12.8 Å². The maximum Gasteiger partial charge on any atom is 0.238 e. The van der Waals surface area contributed by atoms with E-state index in [0.717, 1.165) is 12.8 Å². The molecule has 1 N–H and O–H groups in total. The van der Waals surface area contributed by atoms with Gasteiger partial charge in [0.25, 0.3) is 0 Å². The van der Waals surface area contributed by atoms with Crippen LogP contribution in [-0.4, -0.2) is 49.9 Å². The highest BCUT2D eigenvalue weighted by Crippen LogP contribution is 2.37. The molecule has 7 heteroatoms. The monoisotopic (exact) mass is 326 g/mol. The van der Waals surface area contributed by atoms with Gasteiger partial charge in [-0.05, 0) is 37.0 Å². The largest absolute Gasteiger partial charge is 0.325 e. The van der Waals surface area contributed by atoms with Gasteiger partial charge in [-0.1, -0.05) is 6.07 Å². The Bertz CT molecular complexity index is 673. The Kier molecular flexibility index (Phi) is 4.18. The smallest absolute Gasteiger partial charge is 0.238 e. The predicted octanol–water partition coefficient (Wildman–Crippen LogP) is 1.27. The average Bonchev–Trinajstić information content (AvgIpc) is 3.25. The SMILES string of the molecule is O=C(CN1CCS(=O)(=O)CC1C1CC1)Nc1cccc(F)c1. The number of hydrogen-bond donors (Lipinski definition) is 1. The molecule has 1 saturated heterocycles. The van der Waals surface area contributed by atoms with Crippen LogP contribution in [0.4, 0.5) is 10.1 Å². The third-order valence-corrected chi connectivity index (χ3v) is 5.86. The zero-order valence-electron chi connectivity index (χ0n) is 12.2. The lowest BCUT2D eigenvalue weighted by Gasteiger charge is -2.35. The summed E-state index contributed by atoms with van der Waals surface area (Å²) < 4.78 is 36.7. The second kappa shape index (κ2) is 5.96. The zero-order chi connectivity index (χ0) is 15.7. The minimum absolute atomic E-state index is 0.0583. The molecule has 1 atom stereocenters. The van der Waals surface area contributed by atoms with Gasteiger partial charge in [0, 0.05) is 18.3 Å². The van der Waals surface area contributed by atoms with E-state index in [9.17, 15) is 17.6 Å². The number of amides is 1. The highest BCUT2D eigenvalue weighted by molar-refractivity contribution is 7.91. The second-order valence-corrected chi connectivity index (χ2v) is 8.28. The van der Waals surface area contributed by atoms with Crippen molar-refractivity contribution in [3.63, 3.8) is 0 Å². The van der Waals surface area contributed by atoms with Crippen LogP contribution in [0.2, 0.25) is 0 Å². The van der Waals surface area contributed by atoms with E-state index in [1.54, 1.807) is 6.07 Å². The Morgan fingerprint density at radius 3 is 2.82 bits per heavy atom. The molecule has 1 heterocycles. The summed E-state index contributed by atoms with van der Waals surface area (Å²) in [5.41, 5.74) is 0.414. The number of nitrogens with one attached hydrogen (secondary N) is 1. The molecule has 0 bridgehead atoms. The van der Waals surface area contributed by atoms with Gasteiger partial charge in [0.2, 0.25) is 5.91 Å². The summed E-state index contributed by atoms with van der Waals surface area (Å²) in [5.74, 6) is -0.0145. The van der Waals surface area contributed by atoms with E-state index in [-0.39, 0.29) is 30.0 Å².